The van der Waals surface area contributed by atoms with Crippen molar-refractivity contribution in [3.8, 4) is 0 Å². The standard InChI is InChI=1S/C20H17F7N2O3/c1-10-17(28-2)15(12-5-4-11(21)8-13(12)20(25,26)27)16(14(29-10)9-31-3)18(30)32-7-6-19(22,23)24/h4-5,8,15,29H,6-7,9H2,1,3H3. The summed E-state index contributed by atoms with van der Waals surface area (Å²) in [6, 6.07) is 1.73. The largest absolute Gasteiger partial charge is 0.462 e. The van der Waals surface area contributed by atoms with E-state index in [1.807, 2.05) is 0 Å². The van der Waals surface area contributed by atoms with Crippen molar-refractivity contribution < 1.29 is 45.0 Å². The second-order valence-corrected chi connectivity index (χ2v) is 6.74. The van der Waals surface area contributed by atoms with Gasteiger partial charge in [-0.1, -0.05) is 6.07 Å². The Morgan fingerprint density at radius 1 is 1.22 bits per heavy atom. The van der Waals surface area contributed by atoms with Gasteiger partial charge in [-0.15, -0.1) is 0 Å². The molecule has 1 aliphatic heterocycles. The average molecular weight is 466 g/mol. The molecule has 0 aliphatic carbocycles. The summed E-state index contributed by atoms with van der Waals surface area (Å²) in [5, 5.41) is 2.67. The van der Waals surface area contributed by atoms with Gasteiger partial charge < -0.3 is 14.8 Å². The molecular weight excluding hydrogens is 449 g/mol. The van der Waals surface area contributed by atoms with E-state index in [-0.39, 0.29) is 29.8 Å². The number of hydrogen-bond acceptors (Lipinski definition) is 4. The third kappa shape index (κ3) is 5.79. The number of hydrogen-bond donors (Lipinski definition) is 1. The van der Waals surface area contributed by atoms with Crippen LogP contribution in [-0.4, -0.2) is 32.5 Å². The summed E-state index contributed by atoms with van der Waals surface area (Å²) < 4.78 is 102. The van der Waals surface area contributed by atoms with Gasteiger partial charge in [-0.3, -0.25) is 0 Å². The zero-order valence-electron chi connectivity index (χ0n) is 16.7. The fourth-order valence-electron chi connectivity index (χ4n) is 3.20. The highest BCUT2D eigenvalue weighted by atomic mass is 19.4. The van der Waals surface area contributed by atoms with E-state index in [0.29, 0.717) is 0 Å². The van der Waals surface area contributed by atoms with Crippen LogP contribution in [0.5, 0.6) is 0 Å². The summed E-state index contributed by atoms with van der Waals surface area (Å²) >= 11 is 0. The van der Waals surface area contributed by atoms with Crippen molar-refractivity contribution in [3.63, 3.8) is 0 Å². The number of rotatable bonds is 6. The Bertz CT molecular complexity index is 988. The van der Waals surface area contributed by atoms with Crippen LogP contribution in [0.25, 0.3) is 4.85 Å². The lowest BCUT2D eigenvalue weighted by molar-refractivity contribution is -0.156. The Morgan fingerprint density at radius 3 is 2.41 bits per heavy atom. The van der Waals surface area contributed by atoms with E-state index in [1.165, 1.54) is 14.0 Å². The molecule has 12 heteroatoms. The minimum Gasteiger partial charge on any atom is -0.462 e. The number of nitrogens with one attached hydrogen (secondary N) is 1. The van der Waals surface area contributed by atoms with E-state index in [0.717, 1.165) is 12.1 Å². The van der Waals surface area contributed by atoms with E-state index in [2.05, 4.69) is 14.9 Å². The van der Waals surface area contributed by atoms with Crippen LogP contribution in [0.3, 0.4) is 0 Å². The highest BCUT2D eigenvalue weighted by Crippen LogP contribution is 2.44. The molecule has 0 aromatic heterocycles. The van der Waals surface area contributed by atoms with Crippen LogP contribution >= 0.6 is 0 Å². The maximum Gasteiger partial charge on any atom is 0.416 e. The molecule has 1 aliphatic rings. The zero-order chi connectivity index (χ0) is 24.3. The topological polar surface area (TPSA) is 51.9 Å². The van der Waals surface area contributed by atoms with Gasteiger partial charge in [-0.2, -0.15) is 26.3 Å². The van der Waals surface area contributed by atoms with E-state index >= 15 is 0 Å². The summed E-state index contributed by atoms with van der Waals surface area (Å²) in [5.74, 6) is -4.23. The van der Waals surface area contributed by atoms with Gasteiger partial charge in [0.1, 0.15) is 12.4 Å². The summed E-state index contributed by atoms with van der Waals surface area (Å²) in [7, 11) is 1.22. The van der Waals surface area contributed by atoms with Crippen LogP contribution in [0, 0.1) is 12.4 Å². The Labute approximate surface area is 178 Å². The Balaban J connectivity index is 2.68. The molecule has 0 bridgehead atoms. The molecule has 0 amide bonds. The molecule has 2 rings (SSSR count). The van der Waals surface area contributed by atoms with Gasteiger partial charge in [0.25, 0.3) is 0 Å². The normalized spacial score (nSPS) is 17.2. The van der Waals surface area contributed by atoms with E-state index in [4.69, 9.17) is 11.3 Å². The Morgan fingerprint density at radius 2 is 1.88 bits per heavy atom. The summed E-state index contributed by atoms with van der Waals surface area (Å²) in [4.78, 5) is 15.9. The molecule has 1 N–H and O–H groups in total. The number of methoxy groups -OCH3 is 1. The van der Waals surface area contributed by atoms with Crippen molar-refractivity contribution in [1.29, 1.82) is 0 Å². The molecule has 1 unspecified atom stereocenters. The lowest BCUT2D eigenvalue weighted by Crippen LogP contribution is -2.32. The number of carbonyl (C=O) groups excluding carboxylic acids is 1. The summed E-state index contributed by atoms with van der Waals surface area (Å²) in [5.41, 5.74) is -2.90. The number of benzene rings is 1. The van der Waals surface area contributed by atoms with Crippen molar-refractivity contribution in [2.45, 2.75) is 31.6 Å². The first kappa shape index (κ1) is 25.2. The van der Waals surface area contributed by atoms with E-state index < -0.39 is 59.8 Å². The second kappa shape index (κ2) is 9.60. The van der Waals surface area contributed by atoms with Gasteiger partial charge in [-0.05, 0) is 24.6 Å². The predicted octanol–water partition coefficient (Wildman–Crippen LogP) is 5.08. The number of ether oxygens (including phenoxy) is 2. The molecule has 0 saturated heterocycles. The third-order valence-corrected chi connectivity index (χ3v) is 4.49. The van der Waals surface area contributed by atoms with Crippen LogP contribution in [-0.2, 0) is 20.4 Å². The summed E-state index contributed by atoms with van der Waals surface area (Å²) in [6.45, 7) is 7.36. The quantitative estimate of drug-likeness (QED) is 0.361. The predicted molar refractivity (Wildman–Crippen MR) is 97.1 cm³/mol. The first-order valence-electron chi connectivity index (χ1n) is 8.98. The van der Waals surface area contributed by atoms with Crippen LogP contribution in [0.2, 0.25) is 0 Å². The molecule has 32 heavy (non-hydrogen) atoms. The number of dihydropyridines is 1. The number of alkyl halides is 6. The van der Waals surface area contributed by atoms with Crippen LogP contribution < -0.4 is 5.32 Å². The molecule has 5 nitrogen and oxygen atoms in total. The minimum absolute atomic E-state index is 0.0862. The fraction of sp³-hybridized carbons (Fsp3) is 0.400. The zero-order valence-corrected chi connectivity index (χ0v) is 16.7. The number of nitrogens with zero attached hydrogens (tertiary/aromatic N) is 1. The van der Waals surface area contributed by atoms with Crippen molar-refractivity contribution in [2.24, 2.45) is 0 Å². The number of allylic oxidation sites excluding steroid dienone is 2. The third-order valence-electron chi connectivity index (χ3n) is 4.49. The minimum atomic E-state index is -5.05. The molecule has 1 aromatic rings. The molecule has 174 valence electrons. The summed E-state index contributed by atoms with van der Waals surface area (Å²) in [6.07, 6.45) is -11.2. The molecule has 0 spiro atoms. The van der Waals surface area contributed by atoms with Crippen LogP contribution in [0.15, 0.2) is 40.9 Å². The van der Waals surface area contributed by atoms with Gasteiger partial charge in [-0.25, -0.2) is 14.0 Å². The Kier molecular flexibility index (Phi) is 7.56. The smallest absolute Gasteiger partial charge is 0.416 e. The SMILES string of the molecule is [C-]#[N+]C1=C(C)NC(COC)=C(C(=O)OCCC(F)(F)F)C1c1ccc(F)cc1C(F)(F)F. The van der Waals surface area contributed by atoms with Gasteiger partial charge >= 0.3 is 18.3 Å². The highest BCUT2D eigenvalue weighted by Gasteiger charge is 2.42. The van der Waals surface area contributed by atoms with Crippen LogP contribution in [0.1, 0.15) is 30.4 Å². The van der Waals surface area contributed by atoms with Crippen LogP contribution in [0.4, 0.5) is 30.7 Å². The van der Waals surface area contributed by atoms with Crippen molar-refractivity contribution in [2.75, 3.05) is 20.3 Å². The molecule has 0 fully saturated rings. The molecule has 1 atom stereocenters. The number of esters is 1. The highest BCUT2D eigenvalue weighted by molar-refractivity contribution is 5.93. The first-order valence-corrected chi connectivity index (χ1v) is 8.98. The van der Waals surface area contributed by atoms with E-state index in [9.17, 15) is 35.5 Å². The molecular formula is C20H17F7N2O3. The average Bonchev–Trinajstić information content (AvgIpc) is 2.66. The second-order valence-electron chi connectivity index (χ2n) is 6.74. The van der Waals surface area contributed by atoms with Crippen molar-refractivity contribution in [1.82, 2.24) is 5.32 Å². The van der Waals surface area contributed by atoms with Gasteiger partial charge in [0, 0.05) is 12.8 Å². The molecule has 1 heterocycles. The van der Waals surface area contributed by atoms with E-state index in [1.54, 1.807) is 0 Å². The maximum atomic E-state index is 13.7. The molecule has 0 saturated carbocycles. The van der Waals surface area contributed by atoms with Crippen molar-refractivity contribution >= 4 is 5.97 Å². The number of carbonyl (C=O) groups is 1. The lowest BCUT2D eigenvalue weighted by Gasteiger charge is -2.31. The maximum absolute atomic E-state index is 13.7. The van der Waals surface area contributed by atoms with Gasteiger partial charge in [0.2, 0.25) is 0 Å². The Hall–Kier alpha value is -3.07. The monoisotopic (exact) mass is 466 g/mol. The first-order chi connectivity index (χ1) is 14.8. The lowest BCUT2D eigenvalue weighted by atomic mass is 9.81. The molecule has 1 aromatic carbocycles. The fourth-order valence-corrected chi connectivity index (χ4v) is 3.20. The van der Waals surface area contributed by atoms with Gasteiger partial charge in [0.15, 0.2) is 5.70 Å². The molecule has 0 radical (unpaired) electrons. The van der Waals surface area contributed by atoms with Crippen molar-refractivity contribution in [3.05, 3.63) is 69.2 Å². The number of halogens is 7. The van der Waals surface area contributed by atoms with Gasteiger partial charge in [0.05, 0.1) is 42.4 Å².